The zero-order valence-electron chi connectivity index (χ0n) is 17.6. The van der Waals surface area contributed by atoms with Crippen LogP contribution >= 0.6 is 0 Å². The van der Waals surface area contributed by atoms with Gasteiger partial charge in [-0.05, 0) is 36.8 Å². The number of hydrazone groups is 1. The maximum absolute atomic E-state index is 13.5. The molecule has 0 aromatic heterocycles. The van der Waals surface area contributed by atoms with Gasteiger partial charge in [0.15, 0.2) is 0 Å². The maximum Gasteiger partial charge on any atom is 0.279 e. The second kappa shape index (κ2) is 8.43. The van der Waals surface area contributed by atoms with Gasteiger partial charge in [-0.15, -0.1) is 0 Å². The molecule has 3 aromatic rings. The fourth-order valence-corrected chi connectivity index (χ4v) is 5.08. The van der Waals surface area contributed by atoms with E-state index >= 15 is 0 Å². The lowest BCUT2D eigenvalue weighted by molar-refractivity contribution is 0.371. The fraction of sp³-hybridized carbons (Fsp3) is 0.208. The van der Waals surface area contributed by atoms with Crippen molar-refractivity contribution in [1.82, 2.24) is 4.41 Å². The van der Waals surface area contributed by atoms with Gasteiger partial charge in [0.1, 0.15) is 11.5 Å². The first-order valence-electron chi connectivity index (χ1n) is 9.90. The highest BCUT2D eigenvalue weighted by atomic mass is 32.2. The minimum absolute atomic E-state index is 0.214. The normalized spacial score (nSPS) is 16.2. The van der Waals surface area contributed by atoms with Crippen molar-refractivity contribution in [3.8, 4) is 11.5 Å². The van der Waals surface area contributed by atoms with Crippen LogP contribution in [0.15, 0.2) is 82.8 Å². The van der Waals surface area contributed by atoms with Gasteiger partial charge in [0, 0.05) is 18.1 Å². The summed E-state index contributed by atoms with van der Waals surface area (Å²) in [6.45, 7) is 1.92. The molecule has 0 bridgehead atoms. The van der Waals surface area contributed by atoms with Crippen LogP contribution < -0.4 is 9.47 Å². The van der Waals surface area contributed by atoms with Gasteiger partial charge in [-0.25, -0.2) is 0 Å². The average molecular weight is 437 g/mol. The molecule has 0 amide bonds. The summed E-state index contributed by atoms with van der Waals surface area (Å²) in [5.41, 5.74) is 3.26. The Labute approximate surface area is 182 Å². The predicted octanol–water partition coefficient (Wildman–Crippen LogP) is 4.55. The minimum atomic E-state index is -3.85. The molecule has 1 heterocycles. The van der Waals surface area contributed by atoms with Crippen LogP contribution in [0.4, 0.5) is 0 Å². The van der Waals surface area contributed by atoms with E-state index in [-0.39, 0.29) is 4.90 Å². The van der Waals surface area contributed by atoms with Gasteiger partial charge >= 0.3 is 0 Å². The van der Waals surface area contributed by atoms with E-state index < -0.39 is 16.1 Å². The average Bonchev–Trinajstić information content (AvgIpc) is 3.25. The number of aryl methyl sites for hydroxylation is 1. The molecule has 1 aliphatic heterocycles. The van der Waals surface area contributed by atoms with Crippen LogP contribution in [0, 0.1) is 6.92 Å². The van der Waals surface area contributed by atoms with Crippen molar-refractivity contribution in [3.05, 3.63) is 89.5 Å². The standard InChI is InChI=1S/C24H24N2O4S/c1-17-9-12-20(13-10-17)31(27,28)26-23(18-7-5-4-6-8-18)16-22(25-26)21-14-11-19(29-2)15-24(21)30-3/h4-15,23H,16H2,1-3H3. The van der Waals surface area contributed by atoms with Gasteiger partial charge in [-0.3, -0.25) is 0 Å². The number of sulfonamides is 1. The molecule has 160 valence electrons. The summed E-state index contributed by atoms with van der Waals surface area (Å²) in [4.78, 5) is 0.214. The molecule has 31 heavy (non-hydrogen) atoms. The number of ether oxygens (including phenoxy) is 2. The third-order valence-corrected chi connectivity index (χ3v) is 7.04. The van der Waals surface area contributed by atoms with Crippen molar-refractivity contribution in [1.29, 1.82) is 0 Å². The number of hydrogen-bond donors (Lipinski definition) is 0. The van der Waals surface area contributed by atoms with Gasteiger partial charge in [0.2, 0.25) is 0 Å². The van der Waals surface area contributed by atoms with E-state index in [1.165, 1.54) is 4.41 Å². The van der Waals surface area contributed by atoms with E-state index in [2.05, 4.69) is 5.10 Å². The van der Waals surface area contributed by atoms with Crippen LogP contribution in [-0.2, 0) is 10.0 Å². The van der Waals surface area contributed by atoms with Crippen LogP contribution in [0.1, 0.15) is 29.2 Å². The molecule has 3 aromatic carbocycles. The summed E-state index contributed by atoms with van der Waals surface area (Å²) in [7, 11) is -0.687. The highest BCUT2D eigenvalue weighted by Crippen LogP contribution is 2.39. The lowest BCUT2D eigenvalue weighted by Gasteiger charge is -2.23. The summed E-state index contributed by atoms with van der Waals surface area (Å²) >= 11 is 0. The minimum Gasteiger partial charge on any atom is -0.497 e. The first-order valence-corrected chi connectivity index (χ1v) is 11.3. The second-order valence-electron chi connectivity index (χ2n) is 7.33. The maximum atomic E-state index is 13.5. The molecule has 1 atom stereocenters. The fourth-order valence-electron chi connectivity index (χ4n) is 3.65. The molecule has 6 nitrogen and oxygen atoms in total. The Morgan fingerprint density at radius 1 is 0.935 bits per heavy atom. The van der Waals surface area contributed by atoms with Crippen LogP contribution in [0.3, 0.4) is 0 Å². The summed E-state index contributed by atoms with van der Waals surface area (Å²) in [6, 6.07) is 21.4. The summed E-state index contributed by atoms with van der Waals surface area (Å²) in [5, 5.41) is 4.59. The number of nitrogens with zero attached hydrogens (tertiary/aromatic N) is 2. The van der Waals surface area contributed by atoms with Crippen molar-refractivity contribution < 1.29 is 17.9 Å². The number of rotatable bonds is 6. The third kappa shape index (κ3) is 4.01. The molecule has 1 aliphatic rings. The van der Waals surface area contributed by atoms with E-state index in [1.807, 2.05) is 49.4 Å². The predicted molar refractivity (Wildman–Crippen MR) is 120 cm³/mol. The first-order chi connectivity index (χ1) is 14.9. The summed E-state index contributed by atoms with van der Waals surface area (Å²) < 4.78 is 39.1. The van der Waals surface area contributed by atoms with Crippen molar-refractivity contribution in [2.24, 2.45) is 5.10 Å². The molecule has 0 N–H and O–H groups in total. The molecule has 4 rings (SSSR count). The van der Waals surface area contributed by atoms with Crippen LogP contribution in [-0.4, -0.2) is 32.8 Å². The molecular formula is C24H24N2O4S. The molecule has 0 fully saturated rings. The lowest BCUT2D eigenvalue weighted by Crippen LogP contribution is -2.27. The quantitative estimate of drug-likeness (QED) is 0.568. The van der Waals surface area contributed by atoms with Crippen molar-refractivity contribution in [2.45, 2.75) is 24.3 Å². The summed E-state index contributed by atoms with van der Waals surface area (Å²) in [5.74, 6) is 1.24. The van der Waals surface area contributed by atoms with Crippen LogP contribution in [0.25, 0.3) is 0 Å². The highest BCUT2D eigenvalue weighted by molar-refractivity contribution is 7.89. The van der Waals surface area contributed by atoms with E-state index in [4.69, 9.17) is 9.47 Å². The zero-order chi connectivity index (χ0) is 22.0. The number of methoxy groups -OCH3 is 2. The Balaban J connectivity index is 1.82. The number of hydrogen-bond acceptors (Lipinski definition) is 5. The molecule has 1 unspecified atom stereocenters. The van der Waals surface area contributed by atoms with E-state index in [9.17, 15) is 8.42 Å². The molecule has 0 spiro atoms. The topological polar surface area (TPSA) is 68.2 Å². The first kappa shape index (κ1) is 20.9. The zero-order valence-corrected chi connectivity index (χ0v) is 18.5. The molecule has 0 saturated heterocycles. The highest BCUT2D eigenvalue weighted by Gasteiger charge is 2.38. The Hall–Kier alpha value is -3.32. The lowest BCUT2D eigenvalue weighted by atomic mass is 9.98. The Bertz CT molecular complexity index is 1210. The Morgan fingerprint density at radius 2 is 1.65 bits per heavy atom. The van der Waals surface area contributed by atoms with Crippen LogP contribution in [0.5, 0.6) is 11.5 Å². The largest absolute Gasteiger partial charge is 0.497 e. The molecular weight excluding hydrogens is 412 g/mol. The van der Waals surface area contributed by atoms with Gasteiger partial charge in [-0.1, -0.05) is 48.0 Å². The number of benzene rings is 3. The summed E-state index contributed by atoms with van der Waals surface area (Å²) in [6.07, 6.45) is 0.428. The molecule has 0 saturated carbocycles. The molecule has 0 radical (unpaired) electrons. The van der Waals surface area contributed by atoms with Gasteiger partial charge in [0.25, 0.3) is 10.0 Å². The Kier molecular flexibility index (Phi) is 5.69. The van der Waals surface area contributed by atoms with Crippen LogP contribution in [0.2, 0.25) is 0 Å². The monoisotopic (exact) mass is 436 g/mol. The molecule has 7 heteroatoms. The van der Waals surface area contributed by atoms with Gasteiger partial charge in [-0.2, -0.15) is 17.9 Å². The van der Waals surface area contributed by atoms with Crippen molar-refractivity contribution >= 4 is 15.7 Å². The van der Waals surface area contributed by atoms with Gasteiger partial charge in [0.05, 0.1) is 30.9 Å². The van der Waals surface area contributed by atoms with Crippen molar-refractivity contribution in [3.63, 3.8) is 0 Å². The van der Waals surface area contributed by atoms with E-state index in [0.717, 1.165) is 16.7 Å². The van der Waals surface area contributed by atoms with Gasteiger partial charge < -0.3 is 9.47 Å². The smallest absolute Gasteiger partial charge is 0.279 e. The van der Waals surface area contributed by atoms with E-state index in [1.54, 1.807) is 44.6 Å². The SMILES string of the molecule is COc1ccc(C2=NN(S(=O)(=O)c3ccc(C)cc3)C(c3ccccc3)C2)c(OC)c1. The third-order valence-electron chi connectivity index (χ3n) is 5.34. The van der Waals surface area contributed by atoms with E-state index in [0.29, 0.717) is 23.6 Å². The van der Waals surface area contributed by atoms with Crippen molar-refractivity contribution in [2.75, 3.05) is 14.2 Å². The second-order valence-corrected chi connectivity index (χ2v) is 9.13. The Morgan fingerprint density at radius 3 is 2.29 bits per heavy atom. The molecule has 0 aliphatic carbocycles.